The fourth-order valence-electron chi connectivity index (χ4n) is 2.13. The van der Waals surface area contributed by atoms with E-state index in [0.717, 1.165) is 22.2 Å². The lowest BCUT2D eigenvalue weighted by molar-refractivity contribution is 0.648. The summed E-state index contributed by atoms with van der Waals surface area (Å²) >= 11 is 0. The van der Waals surface area contributed by atoms with E-state index < -0.39 is 0 Å². The lowest BCUT2D eigenvalue weighted by Gasteiger charge is -1.98. The van der Waals surface area contributed by atoms with E-state index in [0.29, 0.717) is 13.1 Å². The highest BCUT2D eigenvalue weighted by Gasteiger charge is 2.11. The summed E-state index contributed by atoms with van der Waals surface area (Å²) in [5.74, 6) is 0. The number of pyridine rings is 1. The summed E-state index contributed by atoms with van der Waals surface area (Å²) in [6, 6.07) is 12.1. The number of nitrogens with zero attached hydrogens (tertiary/aromatic N) is 3. The molecule has 0 unspecified atom stereocenters. The quantitative estimate of drug-likeness (QED) is 0.809. The zero-order valence-corrected chi connectivity index (χ0v) is 12.4. The molecule has 3 rings (SSSR count). The molecule has 4 nitrogen and oxygen atoms in total. The summed E-state index contributed by atoms with van der Waals surface area (Å²) in [5, 5.41) is 5.71. The first kappa shape index (κ1) is 16.4. The molecule has 2 heterocycles. The Hall–Kier alpha value is -1.62. The van der Waals surface area contributed by atoms with Gasteiger partial charge >= 0.3 is 0 Å². The Bertz CT molecular complexity index is 667. The van der Waals surface area contributed by atoms with Crippen molar-refractivity contribution in [2.24, 2.45) is 5.73 Å². The Morgan fingerprint density at radius 2 is 1.80 bits per heavy atom. The van der Waals surface area contributed by atoms with Gasteiger partial charge in [-0.1, -0.05) is 30.3 Å². The maximum atomic E-state index is 5.62. The van der Waals surface area contributed by atoms with Gasteiger partial charge in [-0.2, -0.15) is 5.10 Å². The van der Waals surface area contributed by atoms with Crippen LogP contribution in [0.4, 0.5) is 0 Å². The predicted molar refractivity (Wildman–Crippen MR) is 86.5 cm³/mol. The summed E-state index contributed by atoms with van der Waals surface area (Å²) in [7, 11) is 0. The number of hydrogen-bond acceptors (Lipinski definition) is 3. The number of halogens is 2. The number of benzene rings is 1. The van der Waals surface area contributed by atoms with Crippen LogP contribution in [0.1, 0.15) is 0 Å². The number of hydrogen-bond donors (Lipinski definition) is 1. The zero-order chi connectivity index (χ0) is 12.4. The number of aromatic nitrogens is 3. The van der Waals surface area contributed by atoms with Gasteiger partial charge in [0.05, 0.1) is 12.1 Å². The van der Waals surface area contributed by atoms with Crippen molar-refractivity contribution in [3.63, 3.8) is 0 Å². The Morgan fingerprint density at radius 3 is 2.50 bits per heavy atom. The number of fused-ring (bicyclic) bond motifs is 1. The minimum atomic E-state index is 0. The molecule has 0 radical (unpaired) electrons. The topological polar surface area (TPSA) is 56.7 Å². The average Bonchev–Trinajstić information content (AvgIpc) is 2.80. The molecule has 3 aromatic rings. The van der Waals surface area contributed by atoms with E-state index in [1.807, 2.05) is 35.1 Å². The Kier molecular flexibility index (Phi) is 5.95. The van der Waals surface area contributed by atoms with E-state index in [4.69, 9.17) is 5.73 Å². The van der Waals surface area contributed by atoms with Crippen LogP contribution in [0, 0.1) is 0 Å². The number of rotatable bonds is 3. The third kappa shape index (κ3) is 2.93. The first-order chi connectivity index (χ1) is 8.90. The largest absolute Gasteiger partial charge is 0.329 e. The van der Waals surface area contributed by atoms with Crippen LogP contribution in [0.15, 0.2) is 48.8 Å². The summed E-state index contributed by atoms with van der Waals surface area (Å²) < 4.78 is 1.94. The van der Waals surface area contributed by atoms with Crippen molar-refractivity contribution < 1.29 is 0 Å². The van der Waals surface area contributed by atoms with Gasteiger partial charge in [0.1, 0.15) is 5.69 Å². The molecule has 0 saturated heterocycles. The molecule has 6 heteroatoms. The van der Waals surface area contributed by atoms with E-state index in [1.165, 1.54) is 0 Å². The fourth-order valence-corrected chi connectivity index (χ4v) is 2.13. The van der Waals surface area contributed by atoms with Crippen molar-refractivity contribution in [2.45, 2.75) is 6.54 Å². The Balaban J connectivity index is 0.000001000. The Morgan fingerprint density at radius 1 is 1.05 bits per heavy atom. The minimum absolute atomic E-state index is 0. The lowest BCUT2D eigenvalue weighted by Crippen LogP contribution is -2.10. The number of nitrogens with two attached hydrogens (primary N) is 1. The minimum Gasteiger partial charge on any atom is -0.329 e. The van der Waals surface area contributed by atoms with Gasteiger partial charge in [-0.25, -0.2) is 0 Å². The van der Waals surface area contributed by atoms with Crippen LogP contribution >= 0.6 is 24.8 Å². The van der Waals surface area contributed by atoms with Crippen molar-refractivity contribution in [1.29, 1.82) is 0 Å². The first-order valence-corrected chi connectivity index (χ1v) is 5.96. The van der Waals surface area contributed by atoms with Crippen molar-refractivity contribution in [1.82, 2.24) is 14.8 Å². The summed E-state index contributed by atoms with van der Waals surface area (Å²) in [6.45, 7) is 1.29. The molecule has 0 atom stereocenters. The monoisotopic (exact) mass is 310 g/mol. The van der Waals surface area contributed by atoms with Gasteiger partial charge in [0.2, 0.25) is 0 Å². The molecule has 20 heavy (non-hydrogen) atoms. The second-order valence-electron chi connectivity index (χ2n) is 4.12. The lowest BCUT2D eigenvalue weighted by atomic mass is 10.1. The van der Waals surface area contributed by atoms with Gasteiger partial charge < -0.3 is 5.73 Å². The van der Waals surface area contributed by atoms with E-state index in [1.54, 1.807) is 6.20 Å². The third-order valence-corrected chi connectivity index (χ3v) is 2.94. The second-order valence-corrected chi connectivity index (χ2v) is 4.12. The third-order valence-electron chi connectivity index (χ3n) is 2.94. The molecular formula is C14H16Cl2N4. The molecule has 0 fully saturated rings. The molecule has 0 aliphatic heterocycles. The normalized spacial score (nSPS) is 9.85. The SMILES string of the molecule is Cl.Cl.NCCn1nc(-c2ccccc2)c2cnccc21. The van der Waals surface area contributed by atoms with Gasteiger partial charge in [-0.3, -0.25) is 9.67 Å². The van der Waals surface area contributed by atoms with Crippen molar-refractivity contribution in [3.8, 4) is 11.3 Å². The van der Waals surface area contributed by atoms with Crippen molar-refractivity contribution in [2.75, 3.05) is 6.54 Å². The fraction of sp³-hybridized carbons (Fsp3) is 0.143. The average molecular weight is 311 g/mol. The van der Waals surface area contributed by atoms with Gasteiger partial charge in [0.15, 0.2) is 0 Å². The molecule has 0 saturated carbocycles. The van der Waals surface area contributed by atoms with Crippen LogP contribution in [0.3, 0.4) is 0 Å². The van der Waals surface area contributed by atoms with Gasteiger partial charge in [0.25, 0.3) is 0 Å². The van der Waals surface area contributed by atoms with Gasteiger partial charge in [-0.05, 0) is 6.07 Å². The van der Waals surface area contributed by atoms with E-state index in [2.05, 4.69) is 22.2 Å². The highest BCUT2D eigenvalue weighted by molar-refractivity contribution is 5.92. The van der Waals surface area contributed by atoms with Crippen LogP contribution in [0.5, 0.6) is 0 Å². The molecule has 1 aromatic carbocycles. The maximum Gasteiger partial charge on any atom is 0.102 e. The summed E-state index contributed by atoms with van der Waals surface area (Å²) in [5.41, 5.74) is 8.77. The highest BCUT2D eigenvalue weighted by atomic mass is 35.5. The molecule has 0 aliphatic rings. The van der Waals surface area contributed by atoms with E-state index >= 15 is 0 Å². The first-order valence-electron chi connectivity index (χ1n) is 5.96. The molecule has 0 aliphatic carbocycles. The molecular weight excluding hydrogens is 295 g/mol. The smallest absolute Gasteiger partial charge is 0.102 e. The van der Waals surface area contributed by atoms with Crippen LogP contribution in [-0.2, 0) is 6.54 Å². The van der Waals surface area contributed by atoms with Crippen molar-refractivity contribution >= 4 is 35.7 Å². The zero-order valence-electron chi connectivity index (χ0n) is 10.8. The van der Waals surface area contributed by atoms with E-state index in [-0.39, 0.29) is 24.8 Å². The predicted octanol–water partition coefficient (Wildman–Crippen LogP) is 2.90. The summed E-state index contributed by atoms with van der Waals surface area (Å²) in [6.07, 6.45) is 3.64. The molecule has 2 aromatic heterocycles. The molecule has 0 spiro atoms. The van der Waals surface area contributed by atoms with Crippen LogP contribution in [-0.4, -0.2) is 21.3 Å². The van der Waals surface area contributed by atoms with Crippen LogP contribution in [0.2, 0.25) is 0 Å². The van der Waals surface area contributed by atoms with Crippen molar-refractivity contribution in [3.05, 3.63) is 48.8 Å². The van der Waals surface area contributed by atoms with Gasteiger partial charge in [-0.15, -0.1) is 24.8 Å². The van der Waals surface area contributed by atoms with Gasteiger partial charge in [0, 0.05) is 29.9 Å². The Labute approximate surface area is 129 Å². The van der Waals surface area contributed by atoms with Crippen LogP contribution in [0.25, 0.3) is 22.2 Å². The molecule has 106 valence electrons. The van der Waals surface area contributed by atoms with Crippen LogP contribution < -0.4 is 5.73 Å². The van der Waals surface area contributed by atoms with E-state index in [9.17, 15) is 0 Å². The maximum absolute atomic E-state index is 5.62. The second kappa shape index (κ2) is 7.24. The molecule has 0 amide bonds. The standard InChI is InChI=1S/C14H14N4.2ClH/c15-7-9-18-13-6-8-16-10-12(13)14(17-18)11-4-2-1-3-5-11;;/h1-6,8,10H,7,9,15H2;2*1H. The molecule has 2 N–H and O–H groups in total. The summed E-state index contributed by atoms with van der Waals surface area (Å²) in [4.78, 5) is 4.19. The molecule has 0 bridgehead atoms. The highest BCUT2D eigenvalue weighted by Crippen LogP contribution is 2.26.